The van der Waals surface area contributed by atoms with Crippen LogP contribution in [0.3, 0.4) is 0 Å². The molecule has 0 aromatic heterocycles. The van der Waals surface area contributed by atoms with E-state index < -0.39 is 0 Å². The summed E-state index contributed by atoms with van der Waals surface area (Å²) in [7, 11) is 0. The molecule has 0 aliphatic heterocycles. The number of rotatable bonds is 2. The maximum absolute atomic E-state index is 11.2. The second kappa shape index (κ2) is 3.74. The molecular formula is C12H12O2. The molecule has 1 aliphatic rings. The number of benzene rings is 1. The summed E-state index contributed by atoms with van der Waals surface area (Å²) >= 11 is 0. The Kier molecular flexibility index (Phi) is 2.44. The van der Waals surface area contributed by atoms with E-state index in [0.29, 0.717) is 12.8 Å². The topological polar surface area (TPSA) is 34.1 Å². The van der Waals surface area contributed by atoms with Gasteiger partial charge < -0.3 is 4.79 Å². The van der Waals surface area contributed by atoms with E-state index in [4.69, 9.17) is 0 Å². The number of hydrogen-bond donors (Lipinski definition) is 0. The first-order valence-corrected chi connectivity index (χ1v) is 4.83. The molecular weight excluding hydrogens is 176 g/mol. The molecule has 0 amide bonds. The van der Waals surface area contributed by atoms with Gasteiger partial charge in [-0.1, -0.05) is 30.3 Å². The second-order valence-corrected chi connectivity index (χ2v) is 3.76. The molecule has 2 rings (SSSR count). The zero-order valence-electron chi connectivity index (χ0n) is 7.85. The number of carbonyl (C=O) groups excluding carboxylic acids is 2. The molecule has 2 unspecified atom stereocenters. The molecule has 1 saturated carbocycles. The Balaban J connectivity index is 2.26. The minimum atomic E-state index is -0.107. The molecule has 0 heterocycles. The number of carbonyl (C=O) groups is 2. The van der Waals surface area contributed by atoms with Crippen LogP contribution in [0.25, 0.3) is 0 Å². The van der Waals surface area contributed by atoms with Gasteiger partial charge >= 0.3 is 0 Å². The highest BCUT2D eigenvalue weighted by Crippen LogP contribution is 2.36. The van der Waals surface area contributed by atoms with Crippen molar-refractivity contribution in [2.24, 2.45) is 5.92 Å². The van der Waals surface area contributed by atoms with Crippen LogP contribution >= 0.6 is 0 Å². The minimum absolute atomic E-state index is 0.107. The van der Waals surface area contributed by atoms with Crippen molar-refractivity contribution in [3.05, 3.63) is 35.9 Å². The fourth-order valence-corrected chi connectivity index (χ4v) is 2.09. The van der Waals surface area contributed by atoms with Crippen LogP contribution in [0, 0.1) is 5.92 Å². The predicted octanol–water partition coefficient (Wildman–Crippen LogP) is 1.95. The number of aldehydes is 1. The minimum Gasteiger partial charge on any atom is -0.303 e. The van der Waals surface area contributed by atoms with Gasteiger partial charge in [0.05, 0.1) is 0 Å². The Morgan fingerprint density at radius 2 is 1.86 bits per heavy atom. The van der Waals surface area contributed by atoms with E-state index in [2.05, 4.69) is 0 Å². The molecule has 14 heavy (non-hydrogen) atoms. The van der Waals surface area contributed by atoms with Gasteiger partial charge in [-0.25, -0.2) is 0 Å². The average molecular weight is 188 g/mol. The van der Waals surface area contributed by atoms with Crippen molar-refractivity contribution in [1.82, 2.24) is 0 Å². The number of ketones is 1. The lowest BCUT2D eigenvalue weighted by Crippen LogP contribution is -2.06. The molecule has 0 saturated heterocycles. The third-order valence-corrected chi connectivity index (χ3v) is 2.83. The molecule has 1 aromatic rings. The maximum atomic E-state index is 11.2. The highest BCUT2D eigenvalue weighted by atomic mass is 16.1. The van der Waals surface area contributed by atoms with Crippen LogP contribution in [0.5, 0.6) is 0 Å². The van der Waals surface area contributed by atoms with Crippen molar-refractivity contribution in [3.63, 3.8) is 0 Å². The van der Waals surface area contributed by atoms with E-state index >= 15 is 0 Å². The summed E-state index contributed by atoms with van der Waals surface area (Å²) in [4.78, 5) is 22.0. The third kappa shape index (κ3) is 1.60. The fourth-order valence-electron chi connectivity index (χ4n) is 2.09. The van der Waals surface area contributed by atoms with Gasteiger partial charge in [-0.05, 0) is 5.56 Å². The van der Waals surface area contributed by atoms with E-state index in [1.807, 2.05) is 30.3 Å². The summed E-state index contributed by atoms with van der Waals surface area (Å²) in [5.74, 6) is 0.210. The van der Waals surface area contributed by atoms with E-state index in [1.54, 1.807) is 0 Å². The lowest BCUT2D eigenvalue weighted by molar-refractivity contribution is -0.119. The maximum Gasteiger partial charge on any atom is 0.134 e. The van der Waals surface area contributed by atoms with Crippen molar-refractivity contribution in [3.8, 4) is 0 Å². The Bertz CT molecular complexity index is 343. The van der Waals surface area contributed by atoms with Crippen molar-refractivity contribution in [2.75, 3.05) is 0 Å². The van der Waals surface area contributed by atoms with Crippen LogP contribution in [0.4, 0.5) is 0 Å². The highest BCUT2D eigenvalue weighted by molar-refractivity contribution is 5.86. The summed E-state index contributed by atoms with van der Waals surface area (Å²) < 4.78 is 0. The van der Waals surface area contributed by atoms with Gasteiger partial charge in [0.25, 0.3) is 0 Å². The van der Waals surface area contributed by atoms with Crippen molar-refractivity contribution < 1.29 is 9.59 Å². The molecule has 72 valence electrons. The van der Waals surface area contributed by atoms with Gasteiger partial charge in [-0.15, -0.1) is 0 Å². The standard InChI is InChI=1S/C12H12O2/c13-8-10-6-11(14)7-12(10)9-4-2-1-3-5-9/h1-5,8,10,12H,6-7H2. The molecule has 1 aliphatic carbocycles. The van der Waals surface area contributed by atoms with Crippen molar-refractivity contribution >= 4 is 12.1 Å². The summed E-state index contributed by atoms with van der Waals surface area (Å²) in [5, 5.41) is 0. The van der Waals surface area contributed by atoms with Crippen LogP contribution < -0.4 is 0 Å². The van der Waals surface area contributed by atoms with Crippen LogP contribution in [-0.4, -0.2) is 12.1 Å². The van der Waals surface area contributed by atoms with E-state index in [-0.39, 0.29) is 17.6 Å². The molecule has 1 fully saturated rings. The first kappa shape index (κ1) is 9.13. The second-order valence-electron chi connectivity index (χ2n) is 3.76. The Morgan fingerprint density at radius 1 is 1.14 bits per heavy atom. The largest absolute Gasteiger partial charge is 0.303 e. The molecule has 2 nitrogen and oxygen atoms in total. The van der Waals surface area contributed by atoms with Gasteiger partial charge in [0.1, 0.15) is 12.1 Å². The van der Waals surface area contributed by atoms with Gasteiger partial charge in [0.2, 0.25) is 0 Å². The average Bonchev–Trinajstić information content (AvgIpc) is 2.61. The SMILES string of the molecule is O=CC1CC(=O)CC1c1ccccc1. The molecule has 0 spiro atoms. The number of Topliss-reactive ketones (excluding diaryl/α,β-unsaturated/α-hetero) is 1. The monoisotopic (exact) mass is 188 g/mol. The van der Waals surface area contributed by atoms with Crippen LogP contribution in [-0.2, 0) is 9.59 Å². The normalized spacial score (nSPS) is 26.4. The molecule has 0 N–H and O–H groups in total. The van der Waals surface area contributed by atoms with E-state index in [0.717, 1.165) is 11.8 Å². The van der Waals surface area contributed by atoms with Crippen LogP contribution in [0.2, 0.25) is 0 Å². The lowest BCUT2D eigenvalue weighted by atomic mass is 9.90. The smallest absolute Gasteiger partial charge is 0.134 e. The predicted molar refractivity (Wildman–Crippen MR) is 53.0 cm³/mol. The van der Waals surface area contributed by atoms with Crippen LogP contribution in [0.1, 0.15) is 24.3 Å². The van der Waals surface area contributed by atoms with Gasteiger partial charge in [0.15, 0.2) is 0 Å². The highest BCUT2D eigenvalue weighted by Gasteiger charge is 2.33. The summed E-state index contributed by atoms with van der Waals surface area (Å²) in [6, 6.07) is 9.80. The molecule has 0 radical (unpaired) electrons. The van der Waals surface area contributed by atoms with Gasteiger partial charge in [-0.2, -0.15) is 0 Å². The summed E-state index contributed by atoms with van der Waals surface area (Å²) in [5.41, 5.74) is 1.11. The third-order valence-electron chi connectivity index (χ3n) is 2.83. The van der Waals surface area contributed by atoms with Crippen molar-refractivity contribution in [2.45, 2.75) is 18.8 Å². The molecule has 0 bridgehead atoms. The van der Waals surface area contributed by atoms with E-state index in [9.17, 15) is 9.59 Å². The zero-order valence-corrected chi connectivity index (χ0v) is 7.85. The lowest BCUT2D eigenvalue weighted by Gasteiger charge is -2.12. The van der Waals surface area contributed by atoms with Gasteiger partial charge in [0, 0.05) is 24.7 Å². The Hall–Kier alpha value is -1.44. The summed E-state index contributed by atoms with van der Waals surface area (Å²) in [6.45, 7) is 0. The van der Waals surface area contributed by atoms with E-state index in [1.165, 1.54) is 0 Å². The Morgan fingerprint density at radius 3 is 2.50 bits per heavy atom. The van der Waals surface area contributed by atoms with Crippen LogP contribution in [0.15, 0.2) is 30.3 Å². The first-order chi connectivity index (χ1) is 6.81. The summed E-state index contributed by atoms with van der Waals surface area (Å²) in [6.07, 6.45) is 1.86. The first-order valence-electron chi connectivity index (χ1n) is 4.83. The van der Waals surface area contributed by atoms with Crippen molar-refractivity contribution in [1.29, 1.82) is 0 Å². The number of hydrogen-bond acceptors (Lipinski definition) is 2. The molecule has 2 heteroatoms. The quantitative estimate of drug-likeness (QED) is 0.665. The molecule has 1 aromatic carbocycles. The molecule has 2 atom stereocenters. The Labute approximate surface area is 82.9 Å². The fraction of sp³-hybridized carbons (Fsp3) is 0.333. The van der Waals surface area contributed by atoms with Gasteiger partial charge in [-0.3, -0.25) is 4.79 Å². The zero-order chi connectivity index (χ0) is 9.97.